The van der Waals surface area contributed by atoms with Gasteiger partial charge in [-0.15, -0.1) is 12.4 Å². The molecule has 21 heavy (non-hydrogen) atoms. The van der Waals surface area contributed by atoms with Gasteiger partial charge in [0.1, 0.15) is 0 Å². The highest BCUT2D eigenvalue weighted by molar-refractivity contribution is 5.85. The summed E-state index contributed by atoms with van der Waals surface area (Å²) in [5, 5.41) is 0. The molecule has 0 aliphatic heterocycles. The average molecular weight is 303 g/mol. The Morgan fingerprint density at radius 2 is 1.14 bits per heavy atom. The fraction of sp³-hybridized carbons (Fsp3) is 0.400. The molecule has 0 bridgehead atoms. The lowest BCUT2D eigenvalue weighted by Gasteiger charge is -2.35. The summed E-state index contributed by atoms with van der Waals surface area (Å²) in [6, 6.07) is 22.1. The lowest BCUT2D eigenvalue weighted by Crippen LogP contribution is -2.27. The van der Waals surface area contributed by atoms with Gasteiger partial charge in [-0.2, -0.15) is 0 Å². The number of hydrogen-bond acceptors (Lipinski definition) is 0. The van der Waals surface area contributed by atoms with Crippen LogP contribution in [0.5, 0.6) is 0 Å². The number of rotatable bonds is 7. The fourth-order valence-electron chi connectivity index (χ4n) is 3.29. The first-order valence-electron chi connectivity index (χ1n) is 7.94. The highest BCUT2D eigenvalue weighted by Gasteiger charge is 2.32. The van der Waals surface area contributed by atoms with E-state index in [1.165, 1.54) is 43.2 Å². The van der Waals surface area contributed by atoms with Crippen LogP contribution in [0.4, 0.5) is 0 Å². The zero-order valence-corrected chi connectivity index (χ0v) is 14.0. The van der Waals surface area contributed by atoms with E-state index in [1.807, 2.05) is 0 Å². The molecular formula is C20H27Cl. The molecule has 2 aromatic carbocycles. The van der Waals surface area contributed by atoms with Gasteiger partial charge in [0.15, 0.2) is 0 Å². The van der Waals surface area contributed by atoms with Crippen LogP contribution in [0.3, 0.4) is 0 Å². The molecule has 0 aliphatic carbocycles. The molecule has 114 valence electrons. The lowest BCUT2D eigenvalue weighted by molar-refractivity contribution is 0.415. The van der Waals surface area contributed by atoms with E-state index < -0.39 is 0 Å². The number of hydrogen-bond donors (Lipinski definition) is 0. The van der Waals surface area contributed by atoms with Crippen LogP contribution in [0.2, 0.25) is 0 Å². The monoisotopic (exact) mass is 302 g/mol. The lowest BCUT2D eigenvalue weighted by atomic mass is 9.68. The van der Waals surface area contributed by atoms with Gasteiger partial charge in [0.2, 0.25) is 0 Å². The summed E-state index contributed by atoms with van der Waals surface area (Å²) in [6.45, 7) is 4.58. The summed E-state index contributed by atoms with van der Waals surface area (Å²) < 4.78 is 0. The third kappa shape index (κ3) is 4.11. The highest BCUT2D eigenvalue weighted by Crippen LogP contribution is 2.41. The van der Waals surface area contributed by atoms with E-state index in [4.69, 9.17) is 0 Å². The third-order valence-electron chi connectivity index (χ3n) is 4.29. The maximum absolute atomic E-state index is 2.30. The van der Waals surface area contributed by atoms with Gasteiger partial charge < -0.3 is 0 Å². The van der Waals surface area contributed by atoms with Crippen LogP contribution in [-0.2, 0) is 5.41 Å². The van der Waals surface area contributed by atoms with Crippen LogP contribution < -0.4 is 0 Å². The fourth-order valence-corrected chi connectivity index (χ4v) is 3.29. The minimum Gasteiger partial charge on any atom is -0.147 e. The maximum Gasteiger partial charge on any atom is 0.0202 e. The van der Waals surface area contributed by atoms with Crippen LogP contribution in [0.25, 0.3) is 0 Å². The molecule has 0 fully saturated rings. The normalized spacial score (nSPS) is 11.0. The maximum atomic E-state index is 2.30. The van der Waals surface area contributed by atoms with Gasteiger partial charge in [-0.3, -0.25) is 0 Å². The van der Waals surface area contributed by atoms with Crippen LogP contribution in [-0.4, -0.2) is 0 Å². The van der Waals surface area contributed by atoms with Gasteiger partial charge >= 0.3 is 0 Å². The first kappa shape index (κ1) is 17.8. The van der Waals surface area contributed by atoms with E-state index in [0.717, 1.165) is 0 Å². The Morgan fingerprint density at radius 1 is 0.667 bits per heavy atom. The zero-order chi connectivity index (χ0) is 14.3. The molecule has 0 aromatic heterocycles. The molecule has 0 atom stereocenters. The van der Waals surface area contributed by atoms with Gasteiger partial charge in [-0.25, -0.2) is 0 Å². The Hall–Kier alpha value is -1.27. The Labute approximate surface area is 136 Å². The van der Waals surface area contributed by atoms with Crippen molar-refractivity contribution in [3.05, 3.63) is 71.8 Å². The molecule has 0 unspecified atom stereocenters. The Bertz CT molecular complexity index is 450. The second kappa shape index (κ2) is 8.89. The van der Waals surface area contributed by atoms with Crippen LogP contribution in [0.15, 0.2) is 60.7 Å². The molecule has 0 amide bonds. The first-order chi connectivity index (χ1) is 9.83. The van der Waals surface area contributed by atoms with Crippen LogP contribution >= 0.6 is 12.4 Å². The summed E-state index contributed by atoms with van der Waals surface area (Å²) in [5.41, 5.74) is 3.14. The Kier molecular flexibility index (Phi) is 7.53. The van der Waals surface area contributed by atoms with E-state index in [2.05, 4.69) is 74.5 Å². The van der Waals surface area contributed by atoms with Gasteiger partial charge in [0, 0.05) is 5.41 Å². The second-order valence-electron chi connectivity index (χ2n) is 5.67. The molecular weight excluding hydrogens is 276 g/mol. The van der Waals surface area contributed by atoms with Crippen LogP contribution in [0, 0.1) is 0 Å². The van der Waals surface area contributed by atoms with Crippen molar-refractivity contribution < 1.29 is 0 Å². The van der Waals surface area contributed by atoms with E-state index in [0.29, 0.717) is 0 Å². The van der Waals surface area contributed by atoms with Crippen molar-refractivity contribution in [1.82, 2.24) is 0 Å². The van der Waals surface area contributed by atoms with Crippen molar-refractivity contribution in [2.75, 3.05) is 0 Å². The van der Waals surface area contributed by atoms with Crippen molar-refractivity contribution in [2.45, 2.75) is 51.4 Å². The number of benzene rings is 2. The molecule has 0 aliphatic rings. The molecule has 0 saturated carbocycles. The smallest absolute Gasteiger partial charge is 0.0202 e. The number of halogens is 1. The molecule has 0 saturated heterocycles. The Balaban J connectivity index is 0.00000220. The van der Waals surface area contributed by atoms with E-state index in [1.54, 1.807) is 0 Å². The molecule has 0 N–H and O–H groups in total. The van der Waals surface area contributed by atoms with Crippen molar-refractivity contribution in [1.29, 1.82) is 0 Å². The average Bonchev–Trinajstić information content (AvgIpc) is 2.53. The third-order valence-corrected chi connectivity index (χ3v) is 4.29. The largest absolute Gasteiger partial charge is 0.147 e. The topological polar surface area (TPSA) is 0 Å². The van der Waals surface area contributed by atoms with Crippen LogP contribution in [0.1, 0.15) is 57.1 Å². The van der Waals surface area contributed by atoms with Crippen molar-refractivity contribution in [3.63, 3.8) is 0 Å². The number of unbranched alkanes of at least 4 members (excludes halogenated alkanes) is 1. The first-order valence-corrected chi connectivity index (χ1v) is 7.94. The molecule has 0 nitrogen and oxygen atoms in total. The molecule has 0 radical (unpaired) electrons. The molecule has 0 heterocycles. The van der Waals surface area contributed by atoms with Crippen molar-refractivity contribution in [2.24, 2.45) is 0 Å². The standard InChI is InChI=1S/C20H26.ClH/c1-3-5-17-20(16-4-2,18-12-8-6-9-13-18)19-14-10-7-11-15-19;/h6-15H,3-5,16-17H2,1-2H3;1H. The molecule has 2 rings (SSSR count). The summed E-state index contributed by atoms with van der Waals surface area (Å²) in [5.74, 6) is 0. The SMILES string of the molecule is CCCCC(CCC)(c1ccccc1)c1ccccc1.Cl. The molecule has 2 aromatic rings. The van der Waals surface area contributed by atoms with Gasteiger partial charge in [0.05, 0.1) is 0 Å². The minimum atomic E-state index is 0. The summed E-state index contributed by atoms with van der Waals surface area (Å²) in [4.78, 5) is 0. The molecule has 1 heteroatoms. The van der Waals surface area contributed by atoms with E-state index in [9.17, 15) is 0 Å². The van der Waals surface area contributed by atoms with Gasteiger partial charge in [0.25, 0.3) is 0 Å². The van der Waals surface area contributed by atoms with Gasteiger partial charge in [-0.1, -0.05) is 93.8 Å². The minimum absolute atomic E-state index is 0. The van der Waals surface area contributed by atoms with Gasteiger partial charge in [-0.05, 0) is 24.0 Å². The quantitative estimate of drug-likeness (QED) is 0.556. The summed E-state index contributed by atoms with van der Waals surface area (Å²) >= 11 is 0. The predicted octanol–water partition coefficient (Wildman–Crippen LogP) is 6.38. The highest BCUT2D eigenvalue weighted by atomic mass is 35.5. The van der Waals surface area contributed by atoms with E-state index >= 15 is 0 Å². The Morgan fingerprint density at radius 3 is 1.52 bits per heavy atom. The zero-order valence-electron chi connectivity index (χ0n) is 13.2. The molecule has 0 spiro atoms. The van der Waals surface area contributed by atoms with E-state index in [-0.39, 0.29) is 17.8 Å². The predicted molar refractivity (Wildman–Crippen MR) is 95.3 cm³/mol. The summed E-state index contributed by atoms with van der Waals surface area (Å²) in [6.07, 6.45) is 6.22. The van der Waals surface area contributed by atoms with Crippen molar-refractivity contribution in [3.8, 4) is 0 Å². The second-order valence-corrected chi connectivity index (χ2v) is 5.67. The summed E-state index contributed by atoms with van der Waals surface area (Å²) in [7, 11) is 0. The van der Waals surface area contributed by atoms with Crippen molar-refractivity contribution >= 4 is 12.4 Å².